The molecular formula is C13H11FN4O. The summed E-state index contributed by atoms with van der Waals surface area (Å²) < 4.78 is 14.4. The van der Waals surface area contributed by atoms with Gasteiger partial charge in [-0.25, -0.2) is 9.07 Å². The van der Waals surface area contributed by atoms with Crippen LogP contribution in [0.4, 0.5) is 4.39 Å². The molecule has 0 fully saturated rings. The predicted octanol–water partition coefficient (Wildman–Crippen LogP) is 1.58. The highest BCUT2D eigenvalue weighted by molar-refractivity contribution is 5.95. The second kappa shape index (κ2) is 4.90. The van der Waals surface area contributed by atoms with Gasteiger partial charge in [0.25, 0.3) is 5.91 Å². The Morgan fingerprint density at radius 1 is 1.47 bits per heavy atom. The predicted molar refractivity (Wildman–Crippen MR) is 66.3 cm³/mol. The van der Waals surface area contributed by atoms with Crippen molar-refractivity contribution >= 4 is 5.91 Å². The van der Waals surface area contributed by atoms with Gasteiger partial charge in [-0.05, 0) is 18.2 Å². The fourth-order valence-electron chi connectivity index (χ4n) is 1.66. The number of benzene rings is 1. The van der Waals surface area contributed by atoms with Crippen molar-refractivity contribution in [2.45, 2.75) is 0 Å². The molecule has 0 saturated heterocycles. The fraction of sp³-hybridized carbons (Fsp3) is 0.154. The summed E-state index contributed by atoms with van der Waals surface area (Å²) >= 11 is 0. The van der Waals surface area contributed by atoms with Crippen molar-refractivity contribution in [3.63, 3.8) is 0 Å². The van der Waals surface area contributed by atoms with Crippen LogP contribution in [0, 0.1) is 17.1 Å². The molecular weight excluding hydrogens is 247 g/mol. The van der Waals surface area contributed by atoms with Gasteiger partial charge in [-0.3, -0.25) is 4.79 Å². The number of hydrogen-bond acceptors (Lipinski definition) is 3. The van der Waals surface area contributed by atoms with Crippen LogP contribution in [0.5, 0.6) is 0 Å². The first kappa shape index (κ1) is 12.8. The van der Waals surface area contributed by atoms with E-state index >= 15 is 0 Å². The Morgan fingerprint density at radius 2 is 2.21 bits per heavy atom. The summed E-state index contributed by atoms with van der Waals surface area (Å²) in [6.07, 6.45) is 1.31. The monoisotopic (exact) mass is 258 g/mol. The molecule has 0 radical (unpaired) electrons. The van der Waals surface area contributed by atoms with Crippen LogP contribution in [0.3, 0.4) is 0 Å². The van der Waals surface area contributed by atoms with Crippen LogP contribution in [0.25, 0.3) is 5.69 Å². The third-order valence-electron chi connectivity index (χ3n) is 2.56. The van der Waals surface area contributed by atoms with Gasteiger partial charge >= 0.3 is 0 Å². The number of aromatic nitrogens is 2. The van der Waals surface area contributed by atoms with Crippen LogP contribution in [0.1, 0.15) is 16.1 Å². The number of rotatable bonds is 2. The number of nitrogens with zero attached hydrogens (tertiary/aromatic N) is 4. The minimum absolute atomic E-state index is 0.0873. The molecule has 0 aliphatic rings. The van der Waals surface area contributed by atoms with E-state index in [1.807, 2.05) is 6.07 Å². The SMILES string of the molecule is CN(C)C(=O)c1cnn(-c2cccc(F)c2)c1C#N. The zero-order chi connectivity index (χ0) is 14.0. The molecule has 0 spiro atoms. The highest BCUT2D eigenvalue weighted by Gasteiger charge is 2.19. The molecule has 1 aromatic heterocycles. The first-order valence-corrected chi connectivity index (χ1v) is 5.50. The van der Waals surface area contributed by atoms with E-state index in [4.69, 9.17) is 0 Å². The zero-order valence-electron chi connectivity index (χ0n) is 10.5. The Labute approximate surface area is 109 Å². The average Bonchev–Trinajstić information content (AvgIpc) is 2.81. The van der Waals surface area contributed by atoms with Gasteiger partial charge in [0.2, 0.25) is 0 Å². The number of hydrogen-bond donors (Lipinski definition) is 0. The summed E-state index contributed by atoms with van der Waals surface area (Å²) in [7, 11) is 3.17. The number of nitriles is 1. The summed E-state index contributed by atoms with van der Waals surface area (Å²) in [5.41, 5.74) is 0.676. The van der Waals surface area contributed by atoms with Crippen LogP contribution in [0.15, 0.2) is 30.5 Å². The lowest BCUT2D eigenvalue weighted by atomic mass is 10.2. The maximum atomic E-state index is 13.2. The average molecular weight is 258 g/mol. The summed E-state index contributed by atoms with van der Waals surface area (Å²) in [4.78, 5) is 13.2. The van der Waals surface area contributed by atoms with Crippen molar-refractivity contribution in [1.29, 1.82) is 5.26 Å². The Kier molecular flexibility index (Phi) is 3.29. The molecule has 19 heavy (non-hydrogen) atoms. The minimum atomic E-state index is -0.433. The van der Waals surface area contributed by atoms with E-state index in [0.29, 0.717) is 5.69 Å². The molecule has 96 valence electrons. The van der Waals surface area contributed by atoms with Crippen LogP contribution < -0.4 is 0 Å². The quantitative estimate of drug-likeness (QED) is 0.821. The van der Waals surface area contributed by atoms with E-state index in [2.05, 4.69) is 5.10 Å². The molecule has 0 aliphatic heterocycles. The van der Waals surface area contributed by atoms with E-state index in [1.165, 1.54) is 34.0 Å². The molecule has 2 rings (SSSR count). The topological polar surface area (TPSA) is 61.9 Å². The molecule has 0 bridgehead atoms. The van der Waals surface area contributed by atoms with Crippen molar-refractivity contribution in [1.82, 2.24) is 14.7 Å². The Hall–Kier alpha value is -2.68. The van der Waals surface area contributed by atoms with E-state index in [0.717, 1.165) is 0 Å². The lowest BCUT2D eigenvalue weighted by molar-refractivity contribution is 0.0827. The maximum absolute atomic E-state index is 13.2. The van der Waals surface area contributed by atoms with Crippen molar-refractivity contribution in [2.75, 3.05) is 14.1 Å². The molecule has 0 atom stereocenters. The number of amides is 1. The van der Waals surface area contributed by atoms with Gasteiger partial charge in [0.05, 0.1) is 17.4 Å². The number of carbonyl (C=O) groups is 1. The Bertz CT molecular complexity index is 670. The molecule has 0 unspecified atom stereocenters. The van der Waals surface area contributed by atoms with Crippen LogP contribution >= 0.6 is 0 Å². The van der Waals surface area contributed by atoms with E-state index in [-0.39, 0.29) is 17.2 Å². The number of carbonyl (C=O) groups excluding carboxylic acids is 1. The summed E-state index contributed by atoms with van der Waals surface area (Å²) in [5.74, 6) is -0.753. The van der Waals surface area contributed by atoms with Crippen molar-refractivity contribution in [3.8, 4) is 11.8 Å². The second-order valence-corrected chi connectivity index (χ2v) is 4.11. The second-order valence-electron chi connectivity index (χ2n) is 4.11. The normalized spacial score (nSPS) is 10.0. The summed E-state index contributed by atoms with van der Waals surface area (Å²) in [6, 6.07) is 7.60. The van der Waals surface area contributed by atoms with Crippen molar-refractivity contribution in [2.24, 2.45) is 0 Å². The van der Waals surface area contributed by atoms with Gasteiger partial charge in [-0.1, -0.05) is 6.07 Å². The Morgan fingerprint density at radius 3 is 2.79 bits per heavy atom. The Balaban J connectivity index is 2.56. The smallest absolute Gasteiger partial charge is 0.257 e. The van der Waals surface area contributed by atoms with Gasteiger partial charge < -0.3 is 4.90 Å². The van der Waals surface area contributed by atoms with E-state index in [9.17, 15) is 14.4 Å². The lowest BCUT2D eigenvalue weighted by Gasteiger charge is -2.08. The lowest BCUT2D eigenvalue weighted by Crippen LogP contribution is -2.22. The molecule has 0 N–H and O–H groups in total. The van der Waals surface area contributed by atoms with Crippen LogP contribution in [-0.2, 0) is 0 Å². The maximum Gasteiger partial charge on any atom is 0.257 e. The highest BCUT2D eigenvalue weighted by atomic mass is 19.1. The van der Waals surface area contributed by atoms with E-state index < -0.39 is 5.82 Å². The van der Waals surface area contributed by atoms with Crippen molar-refractivity contribution in [3.05, 3.63) is 47.5 Å². The molecule has 6 heteroatoms. The number of halogens is 1. The van der Waals surface area contributed by atoms with Gasteiger partial charge in [-0.15, -0.1) is 0 Å². The van der Waals surface area contributed by atoms with Gasteiger partial charge in [-0.2, -0.15) is 10.4 Å². The highest BCUT2D eigenvalue weighted by Crippen LogP contribution is 2.16. The van der Waals surface area contributed by atoms with Gasteiger partial charge in [0.15, 0.2) is 5.69 Å². The van der Waals surface area contributed by atoms with Crippen molar-refractivity contribution < 1.29 is 9.18 Å². The molecule has 1 amide bonds. The minimum Gasteiger partial charge on any atom is -0.345 e. The molecule has 1 aromatic carbocycles. The van der Waals surface area contributed by atoms with Crippen LogP contribution in [-0.4, -0.2) is 34.7 Å². The molecule has 5 nitrogen and oxygen atoms in total. The molecule has 1 heterocycles. The van der Waals surface area contributed by atoms with Crippen LogP contribution in [0.2, 0.25) is 0 Å². The standard InChI is InChI=1S/C13H11FN4O/c1-17(2)13(19)11-8-16-18(12(11)7-15)10-5-3-4-9(14)6-10/h3-6,8H,1-2H3. The van der Waals surface area contributed by atoms with Gasteiger partial charge in [0, 0.05) is 14.1 Å². The largest absolute Gasteiger partial charge is 0.345 e. The van der Waals surface area contributed by atoms with Gasteiger partial charge in [0.1, 0.15) is 11.9 Å². The first-order valence-electron chi connectivity index (χ1n) is 5.50. The zero-order valence-corrected chi connectivity index (χ0v) is 10.5. The van der Waals surface area contributed by atoms with E-state index in [1.54, 1.807) is 20.2 Å². The third kappa shape index (κ3) is 2.31. The summed E-state index contributed by atoms with van der Waals surface area (Å²) in [6.45, 7) is 0. The molecule has 0 aliphatic carbocycles. The summed E-state index contributed by atoms with van der Waals surface area (Å²) in [5, 5.41) is 13.2. The third-order valence-corrected chi connectivity index (χ3v) is 2.56. The molecule has 0 saturated carbocycles. The molecule has 2 aromatic rings. The fourth-order valence-corrected chi connectivity index (χ4v) is 1.66. The first-order chi connectivity index (χ1) is 9.04.